The highest BCUT2D eigenvalue weighted by molar-refractivity contribution is 5.49. The van der Waals surface area contributed by atoms with Crippen molar-refractivity contribution in [2.24, 2.45) is 0 Å². The van der Waals surface area contributed by atoms with Crippen LogP contribution in [0.25, 0.3) is 0 Å². The Morgan fingerprint density at radius 2 is 1.78 bits per heavy atom. The molecule has 1 atom stereocenters. The molecule has 1 unspecified atom stereocenters. The normalized spacial score (nSPS) is 15.3. The number of nitrogens with one attached hydrogen (secondary N) is 1. The fourth-order valence-corrected chi connectivity index (χ4v) is 3.99. The summed E-state index contributed by atoms with van der Waals surface area (Å²) in [6, 6.07) is 22.9. The van der Waals surface area contributed by atoms with Crippen molar-refractivity contribution in [3.8, 4) is 17.2 Å². The maximum atomic E-state index is 6.03. The summed E-state index contributed by atoms with van der Waals surface area (Å²) in [7, 11) is 5.80. The van der Waals surface area contributed by atoms with Crippen molar-refractivity contribution in [3.05, 3.63) is 89.0 Å². The summed E-state index contributed by atoms with van der Waals surface area (Å²) in [6.07, 6.45) is 0.992. The monoisotopic (exact) mass is 432 g/mol. The Kier molecular flexibility index (Phi) is 7.30. The molecule has 5 heteroatoms. The van der Waals surface area contributed by atoms with Crippen molar-refractivity contribution in [3.63, 3.8) is 0 Å². The molecule has 32 heavy (non-hydrogen) atoms. The minimum Gasteiger partial charge on any atom is -0.493 e. The van der Waals surface area contributed by atoms with Crippen molar-refractivity contribution in [1.29, 1.82) is 0 Å². The van der Waals surface area contributed by atoms with Crippen LogP contribution >= 0.6 is 0 Å². The molecule has 5 nitrogen and oxygen atoms in total. The van der Waals surface area contributed by atoms with E-state index < -0.39 is 0 Å². The molecule has 0 radical (unpaired) electrons. The highest BCUT2D eigenvalue weighted by atomic mass is 16.5. The Balaban J connectivity index is 1.50. The van der Waals surface area contributed by atoms with Crippen molar-refractivity contribution in [2.75, 3.05) is 40.9 Å². The van der Waals surface area contributed by atoms with Gasteiger partial charge >= 0.3 is 0 Å². The number of nitrogens with zero attached hydrogens (tertiary/aromatic N) is 1. The summed E-state index contributed by atoms with van der Waals surface area (Å²) in [5.74, 6) is 2.44. The van der Waals surface area contributed by atoms with Crippen LogP contribution in [-0.2, 0) is 13.0 Å². The van der Waals surface area contributed by atoms with Gasteiger partial charge in [-0.3, -0.25) is 0 Å². The predicted octanol–water partition coefficient (Wildman–Crippen LogP) is 4.45. The van der Waals surface area contributed by atoms with Gasteiger partial charge in [-0.2, -0.15) is 0 Å². The van der Waals surface area contributed by atoms with Crippen LogP contribution in [-0.4, -0.2) is 45.8 Å². The second-order valence-electron chi connectivity index (χ2n) is 8.33. The van der Waals surface area contributed by atoms with E-state index in [0.717, 1.165) is 47.9 Å². The lowest BCUT2D eigenvalue weighted by Crippen LogP contribution is -2.30. The van der Waals surface area contributed by atoms with Gasteiger partial charge < -0.3 is 24.4 Å². The van der Waals surface area contributed by atoms with Crippen LogP contribution in [0.1, 0.15) is 28.3 Å². The molecular formula is C27H32N2O3. The first-order valence-corrected chi connectivity index (χ1v) is 11.1. The summed E-state index contributed by atoms with van der Waals surface area (Å²) in [4.78, 5) is 2.12. The Labute approximate surface area is 190 Å². The van der Waals surface area contributed by atoms with E-state index in [1.54, 1.807) is 7.11 Å². The first-order chi connectivity index (χ1) is 15.6. The molecule has 0 fully saturated rings. The summed E-state index contributed by atoms with van der Waals surface area (Å²) < 4.78 is 17.6. The summed E-state index contributed by atoms with van der Waals surface area (Å²) in [5.41, 5.74) is 4.91. The second-order valence-corrected chi connectivity index (χ2v) is 8.33. The van der Waals surface area contributed by atoms with Gasteiger partial charge in [0.1, 0.15) is 19.0 Å². The van der Waals surface area contributed by atoms with E-state index in [-0.39, 0.29) is 6.04 Å². The molecule has 0 saturated carbocycles. The number of hydrogen-bond donors (Lipinski definition) is 1. The van der Waals surface area contributed by atoms with Gasteiger partial charge in [0, 0.05) is 13.1 Å². The van der Waals surface area contributed by atoms with Crippen molar-refractivity contribution in [1.82, 2.24) is 10.2 Å². The van der Waals surface area contributed by atoms with Crippen molar-refractivity contribution < 1.29 is 14.2 Å². The lowest BCUT2D eigenvalue weighted by atomic mass is 9.89. The molecule has 3 aromatic carbocycles. The number of methoxy groups -OCH3 is 1. The molecular weight excluding hydrogens is 400 g/mol. The molecule has 1 heterocycles. The van der Waals surface area contributed by atoms with Crippen LogP contribution in [0.4, 0.5) is 0 Å². The molecule has 0 amide bonds. The molecule has 1 aliphatic heterocycles. The SMILES string of the molecule is COc1cc(C2NCCc3cc(OCCN(C)C)ccc32)ccc1OCc1ccccc1. The Morgan fingerprint density at radius 3 is 2.56 bits per heavy atom. The molecule has 168 valence electrons. The third-order valence-electron chi connectivity index (χ3n) is 5.73. The van der Waals surface area contributed by atoms with E-state index in [1.807, 2.05) is 24.3 Å². The van der Waals surface area contributed by atoms with Gasteiger partial charge in [-0.05, 0) is 67.0 Å². The summed E-state index contributed by atoms with van der Waals surface area (Å²) >= 11 is 0. The quantitative estimate of drug-likeness (QED) is 0.541. The van der Waals surface area contributed by atoms with Crippen LogP contribution in [0.3, 0.4) is 0 Å². The molecule has 1 aliphatic rings. The van der Waals surface area contributed by atoms with E-state index in [2.05, 4.69) is 66.8 Å². The van der Waals surface area contributed by atoms with Gasteiger partial charge in [-0.25, -0.2) is 0 Å². The Bertz CT molecular complexity index is 1020. The minimum atomic E-state index is 0.117. The maximum Gasteiger partial charge on any atom is 0.161 e. The predicted molar refractivity (Wildman–Crippen MR) is 128 cm³/mol. The number of hydrogen-bond acceptors (Lipinski definition) is 5. The zero-order chi connectivity index (χ0) is 22.3. The van der Waals surface area contributed by atoms with Gasteiger partial charge in [0.25, 0.3) is 0 Å². The number of ether oxygens (including phenoxy) is 3. The van der Waals surface area contributed by atoms with Gasteiger partial charge in [0.15, 0.2) is 11.5 Å². The van der Waals surface area contributed by atoms with Crippen LogP contribution < -0.4 is 19.5 Å². The molecule has 0 bridgehead atoms. The zero-order valence-corrected chi connectivity index (χ0v) is 19.1. The topological polar surface area (TPSA) is 43.0 Å². The van der Waals surface area contributed by atoms with Gasteiger partial charge in [-0.1, -0.05) is 42.5 Å². The average molecular weight is 433 g/mol. The van der Waals surface area contributed by atoms with Gasteiger partial charge in [0.05, 0.1) is 13.2 Å². The Morgan fingerprint density at radius 1 is 0.938 bits per heavy atom. The molecule has 4 rings (SSSR count). The van der Waals surface area contributed by atoms with E-state index >= 15 is 0 Å². The first kappa shape index (κ1) is 22.2. The van der Waals surface area contributed by atoms with Crippen LogP contribution in [0.15, 0.2) is 66.7 Å². The first-order valence-electron chi connectivity index (χ1n) is 11.1. The molecule has 0 spiro atoms. The zero-order valence-electron chi connectivity index (χ0n) is 19.1. The summed E-state index contributed by atoms with van der Waals surface area (Å²) in [6.45, 7) is 3.03. The number of fused-ring (bicyclic) bond motifs is 1. The maximum absolute atomic E-state index is 6.03. The third-order valence-corrected chi connectivity index (χ3v) is 5.73. The van der Waals surface area contributed by atoms with Gasteiger partial charge in [0.2, 0.25) is 0 Å². The minimum absolute atomic E-state index is 0.117. The largest absolute Gasteiger partial charge is 0.493 e. The standard InChI is InChI=1S/C27H32N2O3/c1-29(2)15-16-31-23-10-11-24-21(17-23)13-14-28-27(24)22-9-12-25(26(18-22)30-3)32-19-20-7-5-4-6-8-20/h4-12,17-18,27-28H,13-16,19H2,1-3H3. The molecule has 1 N–H and O–H groups in total. The third kappa shape index (κ3) is 5.42. The second kappa shape index (κ2) is 10.5. The molecule has 0 saturated heterocycles. The van der Waals surface area contributed by atoms with E-state index in [4.69, 9.17) is 14.2 Å². The molecule has 0 aliphatic carbocycles. The number of benzene rings is 3. The van der Waals surface area contributed by atoms with Crippen LogP contribution in [0.5, 0.6) is 17.2 Å². The van der Waals surface area contributed by atoms with Crippen molar-refractivity contribution in [2.45, 2.75) is 19.1 Å². The lowest BCUT2D eigenvalue weighted by Gasteiger charge is -2.28. The van der Waals surface area contributed by atoms with Crippen molar-refractivity contribution >= 4 is 0 Å². The van der Waals surface area contributed by atoms with Gasteiger partial charge in [-0.15, -0.1) is 0 Å². The van der Waals surface area contributed by atoms with E-state index in [1.165, 1.54) is 11.1 Å². The van der Waals surface area contributed by atoms with E-state index in [0.29, 0.717) is 13.2 Å². The van der Waals surface area contributed by atoms with E-state index in [9.17, 15) is 0 Å². The molecule has 0 aromatic heterocycles. The molecule has 3 aromatic rings. The van der Waals surface area contributed by atoms with Crippen LogP contribution in [0, 0.1) is 0 Å². The fourth-order valence-electron chi connectivity index (χ4n) is 3.99. The number of likely N-dealkylation sites (N-methyl/N-ethyl adjacent to an activating group) is 1. The smallest absolute Gasteiger partial charge is 0.161 e. The highest BCUT2D eigenvalue weighted by Crippen LogP contribution is 2.36. The van der Waals surface area contributed by atoms with Crippen LogP contribution in [0.2, 0.25) is 0 Å². The average Bonchev–Trinajstić information content (AvgIpc) is 2.82. The highest BCUT2D eigenvalue weighted by Gasteiger charge is 2.23. The fraction of sp³-hybridized carbons (Fsp3) is 0.333. The summed E-state index contributed by atoms with van der Waals surface area (Å²) in [5, 5.41) is 3.65. The number of rotatable bonds is 9. The Hall–Kier alpha value is -3.02. The lowest BCUT2D eigenvalue weighted by molar-refractivity contribution is 0.261.